The first kappa shape index (κ1) is 11.0. The molecule has 0 aromatic carbocycles. The normalized spacial score (nSPS) is 8.67. The third-order valence-electron chi connectivity index (χ3n) is 1.16. The first-order valence-electron chi connectivity index (χ1n) is 3.68. The Morgan fingerprint density at radius 3 is 2.75 bits per heavy atom. The maximum Gasteiger partial charge on any atom is 0.220 e. The third kappa shape index (κ3) is 7.14. The Balaban J connectivity index is 3.19. The van der Waals surface area contributed by atoms with Crippen LogP contribution in [0.2, 0.25) is 0 Å². The van der Waals surface area contributed by atoms with Gasteiger partial charge in [0.2, 0.25) is 5.91 Å². The summed E-state index contributed by atoms with van der Waals surface area (Å²) in [4.78, 5) is 20.7. The summed E-state index contributed by atoms with van der Waals surface area (Å²) in [6, 6.07) is 0. The van der Waals surface area contributed by atoms with Crippen molar-refractivity contribution < 1.29 is 9.59 Å². The Morgan fingerprint density at radius 1 is 1.42 bits per heavy atom. The van der Waals surface area contributed by atoms with Crippen molar-refractivity contribution in [1.82, 2.24) is 10.6 Å². The molecule has 0 spiro atoms. The highest BCUT2D eigenvalue weighted by molar-refractivity contribution is 7.78. The van der Waals surface area contributed by atoms with E-state index >= 15 is 0 Å². The number of rotatable bonds is 7. The summed E-state index contributed by atoms with van der Waals surface area (Å²) < 4.78 is 0. The number of aldehydes is 1. The maximum atomic E-state index is 10.8. The number of amides is 1. The Hall–Kier alpha value is -0.970. The smallest absolute Gasteiger partial charge is 0.220 e. The molecule has 0 aliphatic heterocycles. The van der Waals surface area contributed by atoms with E-state index in [0.29, 0.717) is 13.1 Å². The van der Waals surface area contributed by atoms with Crippen LogP contribution in [-0.4, -0.2) is 30.8 Å². The quantitative estimate of drug-likeness (QED) is 0.325. The molecule has 0 fully saturated rings. The largest absolute Gasteiger partial charge is 0.380 e. The summed E-state index contributed by atoms with van der Waals surface area (Å²) >= 11 is 4.51. The third-order valence-corrected chi connectivity index (χ3v) is 1.33. The van der Waals surface area contributed by atoms with Gasteiger partial charge < -0.3 is 15.4 Å². The van der Waals surface area contributed by atoms with Gasteiger partial charge in [-0.2, -0.15) is 0 Å². The molecular weight excluding hydrogens is 176 g/mol. The van der Waals surface area contributed by atoms with Crippen molar-refractivity contribution in [2.24, 2.45) is 0 Å². The predicted molar refractivity (Wildman–Crippen MR) is 50.0 cm³/mol. The number of carbonyl (C=O) groups is 2. The molecule has 68 valence electrons. The zero-order chi connectivity index (χ0) is 9.23. The molecule has 0 radical (unpaired) electrons. The van der Waals surface area contributed by atoms with Gasteiger partial charge >= 0.3 is 0 Å². The van der Waals surface area contributed by atoms with Crippen molar-refractivity contribution in [2.75, 3.05) is 13.1 Å². The minimum absolute atomic E-state index is 0.103. The molecule has 0 saturated carbocycles. The average Bonchev–Trinajstić information content (AvgIpc) is 2.09. The van der Waals surface area contributed by atoms with Crippen molar-refractivity contribution in [1.29, 1.82) is 0 Å². The fraction of sp³-hybridized carbons (Fsp3) is 0.571. The standard InChI is InChI=1S/C7H12N2O2S/c10-5-1-2-7(11)9-4-3-8-6-12/h5-6H,1-4H2,(H,8,12)(H,9,11). The van der Waals surface area contributed by atoms with E-state index < -0.39 is 0 Å². The van der Waals surface area contributed by atoms with Crippen LogP contribution in [0.5, 0.6) is 0 Å². The van der Waals surface area contributed by atoms with Crippen LogP contribution in [0.15, 0.2) is 0 Å². The predicted octanol–water partition coefficient (Wildman–Crippen LogP) is -0.371. The number of nitrogens with one attached hydrogen (secondary N) is 2. The van der Waals surface area contributed by atoms with Gasteiger partial charge in [0, 0.05) is 25.9 Å². The van der Waals surface area contributed by atoms with Crippen LogP contribution in [-0.2, 0) is 9.59 Å². The van der Waals surface area contributed by atoms with Crippen LogP contribution in [0.4, 0.5) is 0 Å². The van der Waals surface area contributed by atoms with Gasteiger partial charge in [-0.3, -0.25) is 4.79 Å². The average molecular weight is 188 g/mol. The lowest BCUT2D eigenvalue weighted by atomic mass is 10.3. The minimum Gasteiger partial charge on any atom is -0.380 e. The van der Waals surface area contributed by atoms with Crippen molar-refractivity contribution in [3.05, 3.63) is 0 Å². The van der Waals surface area contributed by atoms with E-state index in [1.54, 1.807) is 0 Å². The molecule has 0 atom stereocenters. The van der Waals surface area contributed by atoms with Crippen LogP contribution in [0.3, 0.4) is 0 Å². The molecule has 4 nitrogen and oxygen atoms in total. The van der Waals surface area contributed by atoms with E-state index in [2.05, 4.69) is 22.9 Å². The molecule has 12 heavy (non-hydrogen) atoms. The molecule has 0 bridgehead atoms. The Labute approximate surface area is 76.7 Å². The van der Waals surface area contributed by atoms with Gasteiger partial charge in [0.25, 0.3) is 0 Å². The summed E-state index contributed by atoms with van der Waals surface area (Å²) in [5.74, 6) is -0.103. The summed E-state index contributed by atoms with van der Waals surface area (Å²) in [5, 5.41) is 5.39. The molecule has 0 aliphatic rings. The molecule has 2 N–H and O–H groups in total. The van der Waals surface area contributed by atoms with E-state index in [1.807, 2.05) is 0 Å². The zero-order valence-electron chi connectivity index (χ0n) is 6.71. The Bertz CT molecular complexity index is 161. The lowest BCUT2D eigenvalue weighted by Crippen LogP contribution is -2.30. The van der Waals surface area contributed by atoms with E-state index in [9.17, 15) is 9.59 Å². The monoisotopic (exact) mass is 188 g/mol. The van der Waals surface area contributed by atoms with Crippen LogP contribution >= 0.6 is 12.2 Å². The van der Waals surface area contributed by atoms with Gasteiger partial charge in [0.1, 0.15) is 6.29 Å². The Morgan fingerprint density at radius 2 is 2.17 bits per heavy atom. The molecule has 5 heteroatoms. The zero-order valence-corrected chi connectivity index (χ0v) is 7.52. The van der Waals surface area contributed by atoms with Crippen molar-refractivity contribution >= 4 is 29.9 Å². The molecule has 0 rings (SSSR count). The van der Waals surface area contributed by atoms with Crippen LogP contribution in [0, 0.1) is 0 Å². The van der Waals surface area contributed by atoms with E-state index in [1.165, 1.54) is 5.49 Å². The van der Waals surface area contributed by atoms with Crippen LogP contribution in [0.1, 0.15) is 12.8 Å². The fourth-order valence-electron chi connectivity index (χ4n) is 0.611. The summed E-state index contributed by atoms with van der Waals surface area (Å²) in [7, 11) is 0. The van der Waals surface area contributed by atoms with Gasteiger partial charge in [-0.15, -0.1) is 0 Å². The SMILES string of the molecule is O=CCCC(=O)NCCNC=S. The molecule has 1 amide bonds. The van der Waals surface area contributed by atoms with E-state index in [4.69, 9.17) is 0 Å². The number of carbonyl (C=O) groups excluding carboxylic acids is 2. The van der Waals surface area contributed by atoms with Gasteiger partial charge in [-0.25, -0.2) is 0 Å². The summed E-state index contributed by atoms with van der Waals surface area (Å²) in [5.41, 5.74) is 1.40. The first-order valence-corrected chi connectivity index (χ1v) is 4.15. The second kappa shape index (κ2) is 8.13. The second-order valence-electron chi connectivity index (χ2n) is 2.13. The van der Waals surface area contributed by atoms with Gasteiger partial charge in [-0.05, 0) is 0 Å². The molecule has 0 unspecified atom stereocenters. The molecule has 0 aliphatic carbocycles. The lowest BCUT2D eigenvalue weighted by Gasteiger charge is -2.02. The van der Waals surface area contributed by atoms with Crippen molar-refractivity contribution in [3.8, 4) is 0 Å². The molecule has 0 aromatic rings. The topological polar surface area (TPSA) is 58.2 Å². The molecule has 0 aromatic heterocycles. The highest BCUT2D eigenvalue weighted by Crippen LogP contribution is 1.82. The summed E-state index contributed by atoms with van der Waals surface area (Å²) in [6.07, 6.45) is 1.28. The van der Waals surface area contributed by atoms with E-state index in [-0.39, 0.29) is 18.7 Å². The number of hydrogen-bond acceptors (Lipinski definition) is 3. The summed E-state index contributed by atoms with van der Waals surface area (Å²) in [6.45, 7) is 1.15. The second-order valence-corrected chi connectivity index (χ2v) is 2.36. The fourth-order valence-corrected chi connectivity index (χ4v) is 0.729. The minimum atomic E-state index is -0.103. The Kier molecular flexibility index (Phi) is 7.47. The van der Waals surface area contributed by atoms with Crippen LogP contribution < -0.4 is 10.6 Å². The molecule has 0 heterocycles. The highest BCUT2D eigenvalue weighted by atomic mass is 32.1. The van der Waals surface area contributed by atoms with Gasteiger partial charge in [0.05, 0.1) is 5.49 Å². The van der Waals surface area contributed by atoms with Gasteiger partial charge in [-0.1, -0.05) is 12.2 Å². The van der Waals surface area contributed by atoms with Gasteiger partial charge in [0.15, 0.2) is 0 Å². The van der Waals surface area contributed by atoms with Crippen molar-refractivity contribution in [3.63, 3.8) is 0 Å². The first-order chi connectivity index (χ1) is 5.81. The van der Waals surface area contributed by atoms with Crippen LogP contribution in [0.25, 0.3) is 0 Å². The van der Waals surface area contributed by atoms with Crippen molar-refractivity contribution in [2.45, 2.75) is 12.8 Å². The lowest BCUT2D eigenvalue weighted by molar-refractivity contribution is -0.122. The molecule has 0 saturated heterocycles. The number of hydrogen-bond donors (Lipinski definition) is 2. The number of thiocarbonyl (C=S) groups is 1. The van der Waals surface area contributed by atoms with E-state index in [0.717, 1.165) is 6.29 Å². The highest BCUT2D eigenvalue weighted by Gasteiger charge is 1.97. The maximum absolute atomic E-state index is 10.8. The molecular formula is C7H12N2O2S.